The second kappa shape index (κ2) is 6.36. The van der Waals surface area contributed by atoms with E-state index >= 15 is 0 Å². The van der Waals surface area contributed by atoms with E-state index in [9.17, 15) is 14.4 Å². The summed E-state index contributed by atoms with van der Waals surface area (Å²) in [6.07, 6.45) is 1.90. The number of methoxy groups -OCH3 is 2. The Bertz CT molecular complexity index is 937. The first-order valence-electron chi connectivity index (χ1n) is 7.63. The van der Waals surface area contributed by atoms with Crippen LogP contribution >= 0.6 is 0 Å². The van der Waals surface area contributed by atoms with Crippen molar-refractivity contribution in [3.8, 4) is 11.5 Å². The zero-order valence-corrected chi connectivity index (χ0v) is 14.1. The van der Waals surface area contributed by atoms with E-state index in [1.807, 2.05) is 6.92 Å². The normalized spacial score (nSPS) is 13.2. The van der Waals surface area contributed by atoms with Gasteiger partial charge in [0, 0.05) is 22.3 Å². The SMILES string of the molecule is COc1cc(C)cc(C=O)c1C1=CC(=O)c2c(OC)cccc2C1=O. The molecule has 0 saturated carbocycles. The standard InChI is InChI=1S/C20H16O5/c1-11-7-12(10-21)18(17(8-11)25-3)14-9-15(22)19-13(20(14)23)5-4-6-16(19)24-2/h4-10H,1-3H3. The van der Waals surface area contributed by atoms with Gasteiger partial charge in [-0.25, -0.2) is 0 Å². The van der Waals surface area contributed by atoms with Crippen LogP contribution in [-0.2, 0) is 0 Å². The molecule has 0 unspecified atom stereocenters. The van der Waals surface area contributed by atoms with E-state index in [1.165, 1.54) is 20.3 Å². The van der Waals surface area contributed by atoms with Crippen LogP contribution in [0.3, 0.4) is 0 Å². The van der Waals surface area contributed by atoms with Gasteiger partial charge in [0.2, 0.25) is 0 Å². The summed E-state index contributed by atoms with van der Waals surface area (Å²) in [5.74, 6) is 0.0266. The molecule has 126 valence electrons. The van der Waals surface area contributed by atoms with Crippen LogP contribution < -0.4 is 9.47 Å². The van der Waals surface area contributed by atoms with E-state index in [1.54, 1.807) is 30.3 Å². The number of ether oxygens (including phenoxy) is 2. The van der Waals surface area contributed by atoms with Crippen LogP contribution in [0.15, 0.2) is 36.4 Å². The van der Waals surface area contributed by atoms with E-state index in [4.69, 9.17) is 9.47 Å². The second-order valence-electron chi connectivity index (χ2n) is 5.68. The molecule has 0 bridgehead atoms. The van der Waals surface area contributed by atoms with E-state index in [2.05, 4.69) is 0 Å². The van der Waals surface area contributed by atoms with Crippen molar-refractivity contribution in [2.24, 2.45) is 0 Å². The van der Waals surface area contributed by atoms with Gasteiger partial charge in [-0.2, -0.15) is 0 Å². The lowest BCUT2D eigenvalue weighted by atomic mass is 9.83. The summed E-state index contributed by atoms with van der Waals surface area (Å²) in [5, 5.41) is 0. The Hall–Kier alpha value is -3.21. The van der Waals surface area contributed by atoms with Crippen LogP contribution in [0.1, 0.15) is 42.2 Å². The summed E-state index contributed by atoms with van der Waals surface area (Å²) in [5.41, 5.74) is 2.08. The highest BCUT2D eigenvalue weighted by atomic mass is 16.5. The fourth-order valence-corrected chi connectivity index (χ4v) is 3.07. The van der Waals surface area contributed by atoms with Gasteiger partial charge in [-0.05, 0) is 36.8 Å². The minimum atomic E-state index is -0.348. The minimum Gasteiger partial charge on any atom is -0.496 e. The van der Waals surface area contributed by atoms with Crippen molar-refractivity contribution in [2.45, 2.75) is 6.92 Å². The quantitative estimate of drug-likeness (QED) is 0.801. The monoisotopic (exact) mass is 336 g/mol. The third kappa shape index (κ3) is 2.63. The van der Waals surface area contributed by atoms with E-state index in [0.29, 0.717) is 28.9 Å². The maximum atomic E-state index is 13.0. The molecule has 25 heavy (non-hydrogen) atoms. The summed E-state index contributed by atoms with van der Waals surface area (Å²) >= 11 is 0. The molecule has 0 N–H and O–H groups in total. The van der Waals surface area contributed by atoms with E-state index in [-0.39, 0.29) is 28.3 Å². The van der Waals surface area contributed by atoms with Crippen molar-refractivity contribution < 1.29 is 23.9 Å². The number of ketones is 2. The largest absolute Gasteiger partial charge is 0.496 e. The van der Waals surface area contributed by atoms with Crippen LogP contribution in [0.2, 0.25) is 0 Å². The summed E-state index contributed by atoms with van der Waals surface area (Å²) in [4.78, 5) is 37.2. The van der Waals surface area contributed by atoms with Gasteiger partial charge < -0.3 is 9.47 Å². The third-order valence-corrected chi connectivity index (χ3v) is 4.15. The van der Waals surface area contributed by atoms with Gasteiger partial charge >= 0.3 is 0 Å². The van der Waals surface area contributed by atoms with Crippen molar-refractivity contribution in [1.82, 2.24) is 0 Å². The Morgan fingerprint density at radius 2 is 1.68 bits per heavy atom. The molecule has 0 spiro atoms. The zero-order valence-electron chi connectivity index (χ0n) is 14.1. The van der Waals surface area contributed by atoms with Crippen molar-refractivity contribution in [3.63, 3.8) is 0 Å². The van der Waals surface area contributed by atoms with Crippen LogP contribution in [-0.4, -0.2) is 32.1 Å². The average molecular weight is 336 g/mol. The molecule has 0 heterocycles. The fourth-order valence-electron chi connectivity index (χ4n) is 3.07. The first kappa shape index (κ1) is 16.6. The molecule has 0 radical (unpaired) electrons. The van der Waals surface area contributed by atoms with Gasteiger partial charge in [-0.1, -0.05) is 12.1 Å². The van der Waals surface area contributed by atoms with Crippen LogP contribution in [0.5, 0.6) is 11.5 Å². The fraction of sp³-hybridized carbons (Fsp3) is 0.150. The number of aldehydes is 1. The maximum absolute atomic E-state index is 13.0. The minimum absolute atomic E-state index is 0.143. The lowest BCUT2D eigenvalue weighted by molar-refractivity contribution is 0.0998. The number of allylic oxidation sites excluding steroid dienone is 2. The number of carbonyl (C=O) groups excluding carboxylic acids is 3. The Balaban J connectivity index is 2.27. The molecule has 5 nitrogen and oxygen atoms in total. The Morgan fingerprint density at radius 1 is 0.960 bits per heavy atom. The van der Waals surface area contributed by atoms with Crippen molar-refractivity contribution >= 4 is 23.4 Å². The van der Waals surface area contributed by atoms with Gasteiger partial charge in [0.05, 0.1) is 19.8 Å². The summed E-state index contributed by atoms with van der Waals surface area (Å²) in [6.45, 7) is 1.82. The molecule has 0 aliphatic heterocycles. The number of hydrogen-bond acceptors (Lipinski definition) is 5. The van der Waals surface area contributed by atoms with Crippen molar-refractivity contribution in [3.05, 3.63) is 64.2 Å². The highest BCUT2D eigenvalue weighted by molar-refractivity contribution is 6.40. The Labute approximate surface area is 144 Å². The molecule has 2 aromatic rings. The molecule has 0 saturated heterocycles. The predicted octanol–water partition coefficient (Wildman–Crippen LogP) is 3.29. The summed E-state index contributed by atoms with van der Waals surface area (Å²) < 4.78 is 10.5. The Kier molecular flexibility index (Phi) is 4.23. The first-order chi connectivity index (χ1) is 12.0. The number of carbonyl (C=O) groups is 3. The number of fused-ring (bicyclic) bond motifs is 1. The number of rotatable bonds is 4. The van der Waals surface area contributed by atoms with Crippen molar-refractivity contribution in [2.75, 3.05) is 14.2 Å². The van der Waals surface area contributed by atoms with E-state index < -0.39 is 0 Å². The molecular weight excluding hydrogens is 320 g/mol. The predicted molar refractivity (Wildman–Crippen MR) is 92.8 cm³/mol. The summed E-state index contributed by atoms with van der Waals surface area (Å²) in [7, 11) is 2.90. The lowest BCUT2D eigenvalue weighted by Crippen LogP contribution is -2.18. The molecule has 0 atom stereocenters. The smallest absolute Gasteiger partial charge is 0.194 e. The van der Waals surface area contributed by atoms with Gasteiger partial charge in [0.25, 0.3) is 0 Å². The van der Waals surface area contributed by atoms with Crippen LogP contribution in [0.25, 0.3) is 5.57 Å². The molecule has 1 aliphatic rings. The lowest BCUT2D eigenvalue weighted by Gasteiger charge is -2.20. The summed E-state index contributed by atoms with van der Waals surface area (Å²) in [6, 6.07) is 8.24. The zero-order chi connectivity index (χ0) is 18.1. The average Bonchev–Trinajstić information content (AvgIpc) is 2.63. The second-order valence-corrected chi connectivity index (χ2v) is 5.68. The highest BCUT2D eigenvalue weighted by Gasteiger charge is 2.31. The van der Waals surface area contributed by atoms with Crippen LogP contribution in [0.4, 0.5) is 0 Å². The molecule has 0 fully saturated rings. The molecule has 3 rings (SSSR count). The highest BCUT2D eigenvalue weighted by Crippen LogP contribution is 2.37. The maximum Gasteiger partial charge on any atom is 0.194 e. The number of benzene rings is 2. The number of aryl methyl sites for hydroxylation is 1. The molecule has 1 aliphatic carbocycles. The van der Waals surface area contributed by atoms with Gasteiger partial charge in [0.1, 0.15) is 11.5 Å². The topological polar surface area (TPSA) is 69.7 Å². The van der Waals surface area contributed by atoms with Gasteiger partial charge in [-0.15, -0.1) is 0 Å². The first-order valence-corrected chi connectivity index (χ1v) is 7.63. The van der Waals surface area contributed by atoms with Gasteiger partial charge in [-0.3, -0.25) is 14.4 Å². The van der Waals surface area contributed by atoms with Crippen LogP contribution in [0, 0.1) is 6.92 Å². The molecule has 0 amide bonds. The Morgan fingerprint density at radius 3 is 2.32 bits per heavy atom. The van der Waals surface area contributed by atoms with Gasteiger partial charge in [0.15, 0.2) is 17.9 Å². The molecular formula is C20H16O5. The molecule has 2 aromatic carbocycles. The number of hydrogen-bond donors (Lipinski definition) is 0. The third-order valence-electron chi connectivity index (χ3n) is 4.15. The van der Waals surface area contributed by atoms with Crippen molar-refractivity contribution in [1.29, 1.82) is 0 Å². The molecule has 0 aromatic heterocycles. The number of Topliss-reactive ketones (excluding diaryl/α,β-unsaturated/α-hetero) is 1. The van der Waals surface area contributed by atoms with E-state index in [0.717, 1.165) is 5.56 Å². The molecule has 5 heteroatoms.